The van der Waals surface area contributed by atoms with Crippen LogP contribution in [0.5, 0.6) is 0 Å². The Kier molecular flexibility index (Phi) is 5.17. The first-order valence-corrected chi connectivity index (χ1v) is 8.79. The van der Waals surface area contributed by atoms with Gasteiger partial charge in [-0.2, -0.15) is 0 Å². The Balaban J connectivity index is 1.75. The van der Waals surface area contributed by atoms with Crippen molar-refractivity contribution in [1.82, 2.24) is 5.32 Å². The Bertz CT molecular complexity index is 777. The van der Waals surface area contributed by atoms with Crippen molar-refractivity contribution in [2.75, 3.05) is 0 Å². The molecule has 2 aromatic rings. The van der Waals surface area contributed by atoms with Crippen molar-refractivity contribution < 1.29 is 4.79 Å². The van der Waals surface area contributed by atoms with Gasteiger partial charge >= 0.3 is 0 Å². The number of halogens is 3. The van der Waals surface area contributed by atoms with E-state index < -0.39 is 0 Å². The van der Waals surface area contributed by atoms with Crippen molar-refractivity contribution in [3.8, 4) is 0 Å². The zero-order valence-electron chi connectivity index (χ0n) is 11.7. The normalized spacial score (nSPS) is 19.2. The predicted octanol–water partition coefficient (Wildman–Crippen LogP) is 5.11. The third kappa shape index (κ3) is 4.01. The summed E-state index contributed by atoms with van der Waals surface area (Å²) in [6.45, 7) is 0. The number of aliphatic imine (C=N–C) groups is 1. The molecule has 118 valence electrons. The van der Waals surface area contributed by atoms with E-state index in [9.17, 15) is 4.79 Å². The van der Waals surface area contributed by atoms with E-state index in [4.69, 9.17) is 34.8 Å². The van der Waals surface area contributed by atoms with E-state index in [0.717, 1.165) is 11.3 Å². The molecule has 0 aromatic heterocycles. The molecule has 7 heteroatoms. The molecule has 0 radical (unpaired) electrons. The highest BCUT2D eigenvalue weighted by Crippen LogP contribution is 2.31. The van der Waals surface area contributed by atoms with Crippen molar-refractivity contribution in [1.29, 1.82) is 0 Å². The number of nitrogens with zero attached hydrogens (tertiary/aromatic N) is 1. The van der Waals surface area contributed by atoms with Crippen LogP contribution in [0.4, 0.5) is 5.69 Å². The van der Waals surface area contributed by atoms with Gasteiger partial charge in [0.25, 0.3) is 0 Å². The van der Waals surface area contributed by atoms with Crippen LogP contribution in [0.2, 0.25) is 15.1 Å². The topological polar surface area (TPSA) is 41.5 Å². The molecule has 1 N–H and O–H groups in total. The Morgan fingerprint density at radius 1 is 1.09 bits per heavy atom. The minimum atomic E-state index is -0.281. The lowest BCUT2D eigenvalue weighted by atomic mass is 10.1. The molecule has 1 atom stereocenters. The van der Waals surface area contributed by atoms with Crippen molar-refractivity contribution in [2.45, 2.75) is 11.7 Å². The van der Waals surface area contributed by atoms with Gasteiger partial charge in [-0.1, -0.05) is 58.7 Å². The molecule has 1 heterocycles. The maximum atomic E-state index is 12.1. The number of benzene rings is 2. The van der Waals surface area contributed by atoms with Crippen molar-refractivity contribution in [3.05, 3.63) is 63.1 Å². The van der Waals surface area contributed by atoms with Gasteiger partial charge in [0.1, 0.15) is 0 Å². The first-order chi connectivity index (χ1) is 11.0. The summed E-state index contributed by atoms with van der Waals surface area (Å²) < 4.78 is 0. The van der Waals surface area contributed by atoms with E-state index in [1.807, 2.05) is 12.1 Å². The van der Waals surface area contributed by atoms with Gasteiger partial charge in [0, 0.05) is 5.02 Å². The Morgan fingerprint density at radius 3 is 2.57 bits per heavy atom. The Hall–Kier alpha value is -1.20. The number of carbonyl (C=O) groups excluding carboxylic acids is 1. The lowest BCUT2D eigenvalue weighted by molar-refractivity contribution is -0.118. The summed E-state index contributed by atoms with van der Waals surface area (Å²) in [5.41, 5.74) is 1.58. The van der Waals surface area contributed by atoms with Gasteiger partial charge in [-0.15, -0.1) is 0 Å². The van der Waals surface area contributed by atoms with E-state index in [-0.39, 0.29) is 11.2 Å². The second-order valence-electron chi connectivity index (χ2n) is 4.91. The van der Waals surface area contributed by atoms with Crippen LogP contribution in [0.15, 0.2) is 47.5 Å². The maximum Gasteiger partial charge on any atom is 0.239 e. The number of thioether (sulfide) groups is 1. The highest BCUT2D eigenvalue weighted by Gasteiger charge is 2.31. The van der Waals surface area contributed by atoms with Gasteiger partial charge in [0.15, 0.2) is 5.17 Å². The maximum absolute atomic E-state index is 12.1. The quantitative estimate of drug-likeness (QED) is 0.798. The van der Waals surface area contributed by atoms with Crippen LogP contribution in [-0.2, 0) is 11.2 Å². The molecule has 2 aromatic carbocycles. The van der Waals surface area contributed by atoms with Gasteiger partial charge in [-0.05, 0) is 42.3 Å². The average molecular weight is 386 g/mol. The van der Waals surface area contributed by atoms with Crippen molar-refractivity contribution in [2.24, 2.45) is 4.99 Å². The van der Waals surface area contributed by atoms with Crippen LogP contribution in [0.3, 0.4) is 0 Å². The standard InChI is InChI=1S/C16H11Cl3N2OS/c17-10-4-6-11(7-5-10)20-16-21-15(22)13(23-16)8-9-2-1-3-12(18)14(9)19/h1-7,13H,8H2,(H,20,21,22)/t13-/m1/s1. The average Bonchev–Trinajstić information content (AvgIpc) is 2.86. The summed E-state index contributed by atoms with van der Waals surface area (Å²) in [6, 6.07) is 12.5. The van der Waals surface area contributed by atoms with Crippen LogP contribution in [-0.4, -0.2) is 16.3 Å². The number of carbonyl (C=O) groups is 1. The highest BCUT2D eigenvalue weighted by molar-refractivity contribution is 8.15. The van der Waals surface area contributed by atoms with Crippen LogP contribution in [0.1, 0.15) is 5.56 Å². The third-order valence-corrected chi connectivity index (χ3v) is 5.46. The Labute approximate surface area is 153 Å². The van der Waals surface area contributed by atoms with E-state index >= 15 is 0 Å². The summed E-state index contributed by atoms with van der Waals surface area (Å²) in [7, 11) is 0. The zero-order valence-corrected chi connectivity index (χ0v) is 14.8. The van der Waals surface area contributed by atoms with Crippen molar-refractivity contribution >= 4 is 63.3 Å². The summed E-state index contributed by atoms with van der Waals surface area (Å²) in [5.74, 6) is -0.0845. The molecule has 3 nitrogen and oxygen atoms in total. The number of hydrogen-bond donors (Lipinski definition) is 1. The van der Waals surface area contributed by atoms with Gasteiger partial charge in [0.05, 0.1) is 21.0 Å². The summed E-state index contributed by atoms with van der Waals surface area (Å²) >= 11 is 19.4. The fraction of sp³-hybridized carbons (Fsp3) is 0.125. The molecule has 1 aliphatic heterocycles. The molecule has 23 heavy (non-hydrogen) atoms. The van der Waals surface area contributed by atoms with Crippen LogP contribution >= 0.6 is 46.6 Å². The second-order valence-corrected chi connectivity index (χ2v) is 7.32. The molecule has 3 rings (SSSR count). The number of amides is 1. The third-order valence-electron chi connectivity index (χ3n) is 3.27. The highest BCUT2D eigenvalue weighted by atomic mass is 35.5. The van der Waals surface area contributed by atoms with Crippen LogP contribution in [0, 0.1) is 0 Å². The Morgan fingerprint density at radius 2 is 1.83 bits per heavy atom. The van der Waals surface area contributed by atoms with Crippen molar-refractivity contribution in [3.63, 3.8) is 0 Å². The molecule has 1 fully saturated rings. The fourth-order valence-corrected chi connectivity index (χ4v) is 3.67. The van der Waals surface area contributed by atoms with E-state index in [2.05, 4.69) is 10.3 Å². The molecule has 0 bridgehead atoms. The zero-order chi connectivity index (χ0) is 16.4. The predicted molar refractivity (Wildman–Crippen MR) is 98.2 cm³/mol. The molecule has 0 saturated carbocycles. The molecule has 0 spiro atoms. The van der Waals surface area contributed by atoms with Gasteiger partial charge in [0.2, 0.25) is 5.91 Å². The molecular weight excluding hydrogens is 375 g/mol. The summed E-state index contributed by atoms with van der Waals surface area (Å²) in [6.07, 6.45) is 0.496. The summed E-state index contributed by atoms with van der Waals surface area (Å²) in [5, 5.41) is 4.70. The number of hydrogen-bond acceptors (Lipinski definition) is 3. The molecule has 0 aliphatic carbocycles. The van der Waals surface area contributed by atoms with Crippen LogP contribution in [0.25, 0.3) is 0 Å². The largest absolute Gasteiger partial charge is 0.304 e. The molecular formula is C16H11Cl3N2OS. The summed E-state index contributed by atoms with van der Waals surface area (Å²) in [4.78, 5) is 16.5. The minimum Gasteiger partial charge on any atom is -0.304 e. The van der Waals surface area contributed by atoms with E-state index in [1.165, 1.54) is 11.8 Å². The lowest BCUT2D eigenvalue weighted by Gasteiger charge is -2.08. The first-order valence-electron chi connectivity index (χ1n) is 6.77. The molecule has 0 unspecified atom stereocenters. The van der Waals surface area contributed by atoms with Crippen LogP contribution < -0.4 is 5.32 Å². The molecule has 1 saturated heterocycles. The fourth-order valence-electron chi connectivity index (χ4n) is 2.13. The number of rotatable bonds is 3. The van der Waals surface area contributed by atoms with E-state index in [0.29, 0.717) is 26.7 Å². The first kappa shape index (κ1) is 16.7. The monoisotopic (exact) mass is 384 g/mol. The SMILES string of the molecule is O=C1NC(=Nc2ccc(Cl)cc2)S[C@@H]1Cc1cccc(Cl)c1Cl. The number of amidine groups is 1. The molecule has 1 aliphatic rings. The van der Waals surface area contributed by atoms with Gasteiger partial charge in [-0.3, -0.25) is 4.79 Å². The minimum absolute atomic E-state index is 0.0845. The van der Waals surface area contributed by atoms with Gasteiger partial charge in [-0.25, -0.2) is 4.99 Å². The number of nitrogens with one attached hydrogen (secondary N) is 1. The smallest absolute Gasteiger partial charge is 0.239 e. The second kappa shape index (κ2) is 7.14. The molecule has 1 amide bonds. The van der Waals surface area contributed by atoms with E-state index in [1.54, 1.807) is 30.3 Å². The lowest BCUT2D eigenvalue weighted by Crippen LogP contribution is -2.26. The van der Waals surface area contributed by atoms with Gasteiger partial charge < -0.3 is 5.32 Å².